The van der Waals surface area contributed by atoms with Crippen LogP contribution in [0.3, 0.4) is 0 Å². The van der Waals surface area contributed by atoms with Crippen LogP contribution in [0.4, 0.5) is 0 Å². The van der Waals surface area contributed by atoms with Crippen molar-refractivity contribution in [3.8, 4) is 0 Å². The van der Waals surface area contributed by atoms with Gasteiger partial charge < -0.3 is 15.6 Å². The lowest BCUT2D eigenvalue weighted by Crippen LogP contribution is -2.17. The van der Waals surface area contributed by atoms with E-state index in [1.165, 1.54) is 12.8 Å². The molecule has 0 bridgehead atoms. The van der Waals surface area contributed by atoms with Gasteiger partial charge in [0.05, 0.1) is 32.1 Å². The highest BCUT2D eigenvalue weighted by Crippen LogP contribution is 2.33. The Morgan fingerprint density at radius 2 is 2.28 bits per heavy atom. The van der Waals surface area contributed by atoms with E-state index in [0.717, 1.165) is 12.1 Å². The fourth-order valence-corrected chi connectivity index (χ4v) is 1.82. The maximum Gasteiger partial charge on any atom is 0.271 e. The summed E-state index contributed by atoms with van der Waals surface area (Å²) in [5.74, 6) is 0.0897. The Kier molecular flexibility index (Phi) is 4.27. The first-order valence-electron chi connectivity index (χ1n) is 6.13. The molecule has 18 heavy (non-hydrogen) atoms. The zero-order valence-corrected chi connectivity index (χ0v) is 10.2. The molecule has 1 amide bonds. The van der Waals surface area contributed by atoms with Crippen molar-refractivity contribution >= 4 is 5.91 Å². The van der Waals surface area contributed by atoms with Crippen molar-refractivity contribution in [2.45, 2.75) is 25.8 Å². The van der Waals surface area contributed by atoms with Crippen LogP contribution in [0.5, 0.6) is 0 Å². The molecular weight excluding hydrogens is 236 g/mol. The van der Waals surface area contributed by atoms with Gasteiger partial charge in [-0.2, -0.15) is 0 Å². The second-order valence-electron chi connectivity index (χ2n) is 4.46. The third kappa shape index (κ3) is 3.27. The summed E-state index contributed by atoms with van der Waals surface area (Å²) in [6.45, 7) is 1.25. The van der Waals surface area contributed by atoms with Gasteiger partial charge in [-0.05, 0) is 25.2 Å². The van der Waals surface area contributed by atoms with Crippen molar-refractivity contribution in [2.24, 2.45) is 11.7 Å². The zero-order chi connectivity index (χ0) is 13.0. The summed E-state index contributed by atoms with van der Waals surface area (Å²) < 4.78 is 6.85. The van der Waals surface area contributed by atoms with Gasteiger partial charge in [0, 0.05) is 0 Å². The summed E-state index contributed by atoms with van der Waals surface area (Å²) in [5.41, 5.74) is 6.35. The Balaban J connectivity index is 2.00. The minimum atomic E-state index is -0.534. The van der Waals surface area contributed by atoms with Crippen molar-refractivity contribution in [2.75, 3.05) is 19.8 Å². The van der Waals surface area contributed by atoms with E-state index < -0.39 is 5.91 Å². The van der Waals surface area contributed by atoms with Crippen LogP contribution in [-0.4, -0.2) is 45.8 Å². The van der Waals surface area contributed by atoms with E-state index in [4.69, 9.17) is 15.6 Å². The zero-order valence-electron chi connectivity index (χ0n) is 10.2. The van der Waals surface area contributed by atoms with Crippen LogP contribution in [0.2, 0.25) is 0 Å². The summed E-state index contributed by atoms with van der Waals surface area (Å²) in [5, 5.41) is 16.4. The predicted octanol–water partition coefficient (Wildman–Crippen LogP) is -0.662. The Morgan fingerprint density at radius 3 is 2.89 bits per heavy atom. The van der Waals surface area contributed by atoms with E-state index in [1.807, 2.05) is 0 Å². The molecule has 0 spiro atoms. The second kappa shape index (κ2) is 5.92. The molecular formula is C11H18N4O3. The molecule has 0 radical (unpaired) electrons. The average Bonchev–Trinajstić information content (AvgIpc) is 3.05. The lowest BCUT2D eigenvalue weighted by atomic mass is 10.1. The summed E-state index contributed by atoms with van der Waals surface area (Å²) in [4.78, 5) is 11.3. The molecule has 0 aliphatic heterocycles. The average molecular weight is 254 g/mol. The van der Waals surface area contributed by atoms with Crippen LogP contribution >= 0.6 is 0 Å². The van der Waals surface area contributed by atoms with E-state index in [-0.39, 0.29) is 12.3 Å². The molecule has 1 heterocycles. The van der Waals surface area contributed by atoms with Crippen LogP contribution in [0.25, 0.3) is 0 Å². The van der Waals surface area contributed by atoms with Crippen molar-refractivity contribution in [1.82, 2.24) is 15.0 Å². The number of hydrogen-bond acceptors (Lipinski definition) is 5. The Labute approximate surface area is 105 Å². The van der Waals surface area contributed by atoms with E-state index in [0.29, 0.717) is 25.7 Å². The number of amides is 1. The Bertz CT molecular complexity index is 414. The number of carbonyl (C=O) groups excluding carboxylic acids is 1. The molecule has 1 saturated carbocycles. The molecule has 0 atom stereocenters. The van der Waals surface area contributed by atoms with Crippen molar-refractivity contribution in [1.29, 1.82) is 0 Å². The van der Waals surface area contributed by atoms with Gasteiger partial charge in [-0.15, -0.1) is 5.10 Å². The molecule has 2 rings (SSSR count). The lowest BCUT2D eigenvalue weighted by molar-refractivity contribution is 0.0846. The highest BCUT2D eigenvalue weighted by atomic mass is 16.5. The fourth-order valence-electron chi connectivity index (χ4n) is 1.82. The first-order chi connectivity index (χ1) is 8.72. The van der Waals surface area contributed by atoms with E-state index >= 15 is 0 Å². The fraction of sp³-hybridized carbons (Fsp3) is 0.727. The molecule has 100 valence electrons. The van der Waals surface area contributed by atoms with Crippen molar-refractivity contribution in [3.63, 3.8) is 0 Å². The van der Waals surface area contributed by atoms with Crippen LogP contribution in [0, 0.1) is 5.92 Å². The van der Waals surface area contributed by atoms with Gasteiger partial charge >= 0.3 is 0 Å². The van der Waals surface area contributed by atoms with E-state index in [9.17, 15) is 4.79 Å². The number of aliphatic hydroxyl groups is 1. The highest BCUT2D eigenvalue weighted by Gasteiger charge is 2.27. The van der Waals surface area contributed by atoms with E-state index in [1.54, 1.807) is 4.68 Å². The number of nitrogens with zero attached hydrogens (tertiary/aromatic N) is 3. The second-order valence-corrected chi connectivity index (χ2v) is 4.46. The SMILES string of the molecule is NC(=O)c1nnn(CCOCCO)c1CC1CC1. The van der Waals surface area contributed by atoms with Gasteiger partial charge in [0.15, 0.2) is 5.69 Å². The van der Waals surface area contributed by atoms with Crippen molar-refractivity contribution < 1.29 is 14.6 Å². The summed E-state index contributed by atoms with van der Waals surface area (Å²) in [6.07, 6.45) is 3.17. The topological polar surface area (TPSA) is 103 Å². The monoisotopic (exact) mass is 254 g/mol. The van der Waals surface area contributed by atoms with Gasteiger partial charge in [-0.25, -0.2) is 4.68 Å². The van der Waals surface area contributed by atoms with Gasteiger partial charge in [-0.3, -0.25) is 4.79 Å². The molecule has 1 aromatic heterocycles. The number of carbonyl (C=O) groups is 1. The number of aromatic nitrogens is 3. The lowest BCUT2D eigenvalue weighted by Gasteiger charge is -2.07. The molecule has 0 saturated heterocycles. The first-order valence-corrected chi connectivity index (χ1v) is 6.13. The number of nitrogens with two attached hydrogens (primary N) is 1. The van der Waals surface area contributed by atoms with Gasteiger partial charge in [0.25, 0.3) is 5.91 Å². The largest absolute Gasteiger partial charge is 0.394 e. The number of hydrogen-bond donors (Lipinski definition) is 2. The van der Waals surface area contributed by atoms with E-state index in [2.05, 4.69) is 10.3 Å². The molecule has 1 fully saturated rings. The van der Waals surface area contributed by atoms with Crippen LogP contribution in [-0.2, 0) is 17.7 Å². The maximum absolute atomic E-state index is 11.3. The number of ether oxygens (including phenoxy) is 1. The highest BCUT2D eigenvalue weighted by molar-refractivity contribution is 5.91. The van der Waals surface area contributed by atoms with Gasteiger partial charge in [0.2, 0.25) is 0 Å². The molecule has 7 heteroatoms. The summed E-state index contributed by atoms with van der Waals surface area (Å²) >= 11 is 0. The molecule has 1 aliphatic carbocycles. The van der Waals surface area contributed by atoms with Crippen LogP contribution in [0.1, 0.15) is 29.0 Å². The quantitative estimate of drug-likeness (QED) is 0.599. The minimum Gasteiger partial charge on any atom is -0.394 e. The molecule has 0 unspecified atom stereocenters. The van der Waals surface area contributed by atoms with Crippen LogP contribution in [0.15, 0.2) is 0 Å². The predicted molar refractivity (Wildman–Crippen MR) is 62.9 cm³/mol. The number of rotatable bonds is 8. The smallest absolute Gasteiger partial charge is 0.271 e. The third-order valence-electron chi connectivity index (χ3n) is 2.93. The van der Waals surface area contributed by atoms with Gasteiger partial charge in [-0.1, -0.05) is 5.21 Å². The number of primary amides is 1. The maximum atomic E-state index is 11.3. The molecule has 1 aromatic rings. The molecule has 7 nitrogen and oxygen atoms in total. The summed E-state index contributed by atoms with van der Waals surface area (Å²) in [7, 11) is 0. The standard InChI is InChI=1S/C11H18N4O3/c12-11(17)10-9(7-8-1-2-8)15(14-13-10)3-5-18-6-4-16/h8,16H,1-7H2,(H2,12,17). The Hall–Kier alpha value is -1.47. The minimum absolute atomic E-state index is 0.00117. The first kappa shape index (κ1) is 13.0. The normalized spacial score (nSPS) is 14.9. The molecule has 1 aliphatic rings. The third-order valence-corrected chi connectivity index (χ3v) is 2.93. The number of aliphatic hydroxyl groups excluding tert-OH is 1. The molecule has 0 aromatic carbocycles. The van der Waals surface area contributed by atoms with Crippen molar-refractivity contribution in [3.05, 3.63) is 11.4 Å². The van der Waals surface area contributed by atoms with Crippen LogP contribution < -0.4 is 5.73 Å². The Morgan fingerprint density at radius 1 is 1.50 bits per heavy atom. The summed E-state index contributed by atoms with van der Waals surface area (Å²) in [6, 6.07) is 0. The molecule has 3 N–H and O–H groups in total. The van der Waals surface area contributed by atoms with Gasteiger partial charge in [0.1, 0.15) is 0 Å².